The van der Waals surface area contributed by atoms with Crippen LogP contribution in [0.15, 0.2) is 15.8 Å². The minimum absolute atomic E-state index is 0.0783. The molecule has 6 rings (SSSR count). The number of ether oxygens (including phenoxy) is 3. The number of aromatic amines is 1. The van der Waals surface area contributed by atoms with Crippen molar-refractivity contribution in [1.29, 1.82) is 0 Å². The molecule has 0 amide bonds. The molecule has 1 aromatic rings. The Morgan fingerprint density at radius 2 is 1.68 bits per heavy atom. The number of rotatable bonds is 10. The van der Waals surface area contributed by atoms with Crippen molar-refractivity contribution in [2.45, 2.75) is 137 Å². The normalized spacial score (nSPS) is 37.0. The number of nitrogens with one attached hydrogen (secondary N) is 1. The smallest absolute Gasteiger partial charge is 0.300 e. The van der Waals surface area contributed by atoms with E-state index in [9.17, 15) is 28.5 Å². The standard InChI is InChI=1S/C34H46N2O9P.3CH3.Sn/c1-33-14-10-21(37)18-20(33)4-5-22-23-6-7-27(34(23,2)15-11-24(22)33)45-31(40)9-8-30(39)44-26-19-29(43-25(26)13-17-46(3)42)36-16-12-28(38)35-32(36)41;;;;/h16,20,22-27,29H,4-11,13-15,17-19H2,1-3H3;3*1H3;/p+1/t20?,22?,23-,24?,25?,26?,27-,29?,33-,34-;;;;/m0..../s1. The van der Waals surface area contributed by atoms with Crippen LogP contribution < -0.4 is 14.8 Å². The van der Waals surface area contributed by atoms with E-state index in [2.05, 4.69) is 33.7 Å². The summed E-state index contributed by atoms with van der Waals surface area (Å²) >= 11 is -2.88. The zero-order valence-corrected chi connectivity index (χ0v) is 34.4. The number of aromatic nitrogens is 2. The number of esters is 2. The van der Waals surface area contributed by atoms with Crippen LogP contribution in [0.1, 0.15) is 104 Å². The van der Waals surface area contributed by atoms with Gasteiger partial charge >= 0.3 is 178 Å². The quantitative estimate of drug-likeness (QED) is 0.185. The Hall–Kier alpha value is -1.85. The van der Waals surface area contributed by atoms with Gasteiger partial charge in [-0.1, -0.05) is 13.8 Å². The van der Waals surface area contributed by atoms with Gasteiger partial charge in [0.15, 0.2) is 0 Å². The molecule has 50 heavy (non-hydrogen) atoms. The summed E-state index contributed by atoms with van der Waals surface area (Å²) in [6, 6.07) is 0. The van der Waals surface area contributed by atoms with Crippen molar-refractivity contribution in [3.05, 3.63) is 27.0 Å². The summed E-state index contributed by atoms with van der Waals surface area (Å²) in [5.74, 6) is 1.73. The number of fused-ring (bicyclic) bond motifs is 5. The van der Waals surface area contributed by atoms with Gasteiger partial charge in [0, 0.05) is 18.3 Å². The summed E-state index contributed by atoms with van der Waals surface area (Å²) in [7, 11) is -1.45. The number of nitrogens with zero attached hydrogens (tertiary/aromatic N) is 1. The van der Waals surface area contributed by atoms with Gasteiger partial charge in [-0.15, -0.1) is 0 Å². The first kappa shape index (κ1) is 37.9. The van der Waals surface area contributed by atoms with Crippen LogP contribution in [0.25, 0.3) is 0 Å². The molecular weight excluding hydrogens is 766 g/mol. The van der Waals surface area contributed by atoms with E-state index in [-0.39, 0.29) is 41.8 Å². The fraction of sp³-hybridized carbons (Fsp3) is 0.811. The van der Waals surface area contributed by atoms with Crippen LogP contribution in [-0.4, -0.2) is 76.8 Å². The third-order valence-corrected chi connectivity index (χ3v) is 20.0. The summed E-state index contributed by atoms with van der Waals surface area (Å²) < 4.78 is 32.2. The van der Waals surface area contributed by atoms with E-state index in [1.807, 2.05) is 0 Å². The van der Waals surface area contributed by atoms with Crippen LogP contribution in [0, 0.1) is 34.5 Å². The molecule has 0 aromatic carbocycles. The first-order valence-corrected chi connectivity index (χ1v) is 30.7. The topological polar surface area (TPSA) is 151 Å². The van der Waals surface area contributed by atoms with Crippen molar-refractivity contribution in [2.24, 2.45) is 34.5 Å². The van der Waals surface area contributed by atoms with Crippen molar-refractivity contribution < 1.29 is 33.2 Å². The fourth-order valence-corrected chi connectivity index (χ4v) is 14.9. The number of carbonyl (C=O) groups excluding carboxylic acids is 3. The van der Waals surface area contributed by atoms with E-state index in [0.717, 1.165) is 51.4 Å². The molecule has 1 aliphatic heterocycles. The summed E-state index contributed by atoms with van der Waals surface area (Å²) in [5.41, 5.74) is -0.793. The van der Waals surface area contributed by atoms with E-state index in [4.69, 9.17) is 14.2 Å². The fourth-order valence-electron chi connectivity index (χ4n) is 10.6. The second-order valence-electron chi connectivity index (χ2n) is 17.5. The molecule has 5 fully saturated rings. The van der Waals surface area contributed by atoms with Crippen molar-refractivity contribution in [2.75, 3.05) is 12.8 Å². The van der Waals surface area contributed by atoms with Gasteiger partial charge in [0.1, 0.15) is 11.9 Å². The molecule has 11 atom stereocenters. The summed E-state index contributed by atoms with van der Waals surface area (Å²) in [6.45, 7) is 6.37. The number of hydrogen-bond acceptors (Lipinski definition) is 9. The van der Waals surface area contributed by atoms with Crippen molar-refractivity contribution in [3.8, 4) is 0 Å². The molecule has 0 spiro atoms. The van der Waals surface area contributed by atoms with Crippen molar-refractivity contribution in [1.82, 2.24) is 9.55 Å². The van der Waals surface area contributed by atoms with E-state index in [0.29, 0.717) is 52.0 Å². The first-order valence-electron chi connectivity index (χ1n) is 18.8. The molecule has 4 aliphatic carbocycles. The second kappa shape index (κ2) is 14.5. The molecule has 1 saturated heterocycles. The average molecular weight is 823 g/mol. The van der Waals surface area contributed by atoms with Crippen molar-refractivity contribution in [3.63, 3.8) is 0 Å². The molecule has 276 valence electrons. The van der Waals surface area contributed by atoms with Gasteiger partial charge in [-0.05, 0) is 74.0 Å². The summed E-state index contributed by atoms with van der Waals surface area (Å²) in [4.78, 5) is 72.6. The molecule has 11 nitrogen and oxygen atoms in total. The molecular formula is C37H56N2O9PSn+. The minimum atomic E-state index is -2.88. The zero-order valence-electron chi connectivity index (χ0n) is 30.7. The van der Waals surface area contributed by atoms with Crippen LogP contribution in [0.3, 0.4) is 0 Å². The minimum Gasteiger partial charge on any atom is -0.300 e. The molecule has 0 radical (unpaired) electrons. The predicted molar refractivity (Wildman–Crippen MR) is 192 cm³/mol. The SMILES string of the molecule is C[P+](=O)CCC1OC(n2c[c]([Sn]([CH3])([CH3])[CH3])c(=O)[nH]c2=O)CC1OC(=O)CCC(=O)O[C@H]1CC[C@H]2C3CCC4CC(=O)CC[C@]4(C)C3CC[C@]12C. The zero-order chi connectivity index (χ0) is 36.2. The van der Waals surface area contributed by atoms with Gasteiger partial charge in [0.25, 0.3) is 0 Å². The van der Waals surface area contributed by atoms with Gasteiger partial charge in [-0.3, -0.25) is 4.79 Å². The molecule has 13 heteroatoms. The summed E-state index contributed by atoms with van der Waals surface area (Å²) in [5, 5.41) is 0. The third-order valence-electron chi connectivity index (χ3n) is 13.5. The Morgan fingerprint density at radius 3 is 2.38 bits per heavy atom. The van der Waals surface area contributed by atoms with Gasteiger partial charge in [0.2, 0.25) is 0 Å². The molecule has 1 aromatic heterocycles. The van der Waals surface area contributed by atoms with Gasteiger partial charge in [0.05, 0.1) is 0 Å². The number of hydrogen-bond donors (Lipinski definition) is 1. The number of Topliss-reactive ketones (excluding diaryl/α,β-unsaturated/α-hetero) is 1. The Balaban J connectivity index is 1.05. The number of H-pyrrole nitrogens is 1. The monoisotopic (exact) mass is 823 g/mol. The van der Waals surface area contributed by atoms with E-state index >= 15 is 0 Å². The Kier molecular flexibility index (Phi) is 11.0. The molecule has 5 aliphatic rings. The van der Waals surface area contributed by atoms with E-state index < -0.39 is 62.2 Å². The second-order valence-corrected chi connectivity index (χ2v) is 33.6. The number of carbonyl (C=O) groups is 3. The third kappa shape index (κ3) is 7.48. The predicted octanol–water partition coefficient (Wildman–Crippen LogP) is 5.43. The van der Waals surface area contributed by atoms with Crippen LogP contribution in [0.5, 0.6) is 0 Å². The molecule has 4 saturated carbocycles. The average Bonchev–Trinajstić information content (AvgIpc) is 3.58. The first-order chi connectivity index (χ1) is 23.5. The van der Waals surface area contributed by atoms with Crippen LogP contribution in [0.2, 0.25) is 14.8 Å². The van der Waals surface area contributed by atoms with Crippen LogP contribution >= 0.6 is 7.80 Å². The van der Waals surface area contributed by atoms with E-state index in [1.54, 1.807) is 12.9 Å². The Labute approximate surface area is 300 Å². The molecule has 0 bridgehead atoms. The number of ketones is 1. The maximum absolute atomic E-state index is 13.2. The molecule has 2 heterocycles. The molecule has 7 unspecified atom stereocenters. The van der Waals surface area contributed by atoms with E-state index in [1.165, 1.54) is 4.57 Å². The van der Waals surface area contributed by atoms with Gasteiger partial charge in [-0.2, -0.15) is 0 Å². The van der Waals surface area contributed by atoms with Crippen LogP contribution in [0.4, 0.5) is 0 Å². The Morgan fingerprint density at radius 1 is 0.980 bits per heavy atom. The van der Waals surface area contributed by atoms with Crippen LogP contribution in [-0.2, 0) is 33.2 Å². The molecule has 1 N–H and O–H groups in total. The maximum atomic E-state index is 13.2. The van der Waals surface area contributed by atoms with Crippen molar-refractivity contribution >= 4 is 47.5 Å². The van der Waals surface area contributed by atoms with Gasteiger partial charge in [-0.25, -0.2) is 0 Å². The summed E-state index contributed by atoms with van der Waals surface area (Å²) in [6.07, 6.45) is 8.91. The van der Waals surface area contributed by atoms with Gasteiger partial charge < -0.3 is 0 Å². The Bertz CT molecular complexity index is 1640.